The second kappa shape index (κ2) is 8.12. The van der Waals surface area contributed by atoms with Crippen molar-refractivity contribution in [3.8, 4) is 11.1 Å². The van der Waals surface area contributed by atoms with Crippen molar-refractivity contribution in [2.24, 2.45) is 5.92 Å². The van der Waals surface area contributed by atoms with E-state index < -0.39 is 28.4 Å². The Morgan fingerprint density at radius 1 is 1.19 bits per heavy atom. The molecule has 2 heterocycles. The molecule has 1 aliphatic rings. The number of halogens is 3. The van der Waals surface area contributed by atoms with Gasteiger partial charge in [-0.2, -0.15) is 13.2 Å². The number of aromatic amines is 1. The number of aryl methyl sites for hydroxylation is 1. The lowest BCUT2D eigenvalue weighted by atomic mass is 9.98. The number of hydrogen-bond acceptors (Lipinski definition) is 4. The van der Waals surface area contributed by atoms with Gasteiger partial charge in [0.15, 0.2) is 0 Å². The van der Waals surface area contributed by atoms with Crippen LogP contribution in [0.3, 0.4) is 0 Å². The SMILES string of the molecule is Cc1cc(NS(=O)(=O)CCC(F)(F)F)ccc1-c1cc(NC(=O)C2CC2)nc2[nH]ccc12. The van der Waals surface area contributed by atoms with Crippen LogP contribution in [0.1, 0.15) is 24.8 Å². The molecule has 0 spiro atoms. The van der Waals surface area contributed by atoms with Crippen molar-refractivity contribution in [1.82, 2.24) is 9.97 Å². The number of amides is 1. The Morgan fingerprint density at radius 2 is 1.94 bits per heavy atom. The average Bonchev–Trinajstić information content (AvgIpc) is 3.44. The molecule has 170 valence electrons. The Labute approximate surface area is 182 Å². The van der Waals surface area contributed by atoms with Crippen LogP contribution in [0.15, 0.2) is 36.5 Å². The minimum absolute atomic E-state index is 0.0194. The number of nitrogens with zero attached hydrogens (tertiary/aromatic N) is 1. The minimum Gasteiger partial charge on any atom is -0.346 e. The third kappa shape index (κ3) is 5.21. The highest BCUT2D eigenvalue weighted by atomic mass is 32.2. The number of pyridine rings is 1. The van der Waals surface area contributed by atoms with E-state index in [1.54, 1.807) is 31.3 Å². The van der Waals surface area contributed by atoms with Crippen molar-refractivity contribution in [3.63, 3.8) is 0 Å². The number of sulfonamides is 1. The minimum atomic E-state index is -4.55. The van der Waals surface area contributed by atoms with Crippen LogP contribution in [0.2, 0.25) is 0 Å². The number of nitrogens with one attached hydrogen (secondary N) is 3. The normalized spacial score (nSPS) is 14.5. The lowest BCUT2D eigenvalue weighted by Gasteiger charge is -2.14. The van der Waals surface area contributed by atoms with Crippen molar-refractivity contribution in [3.05, 3.63) is 42.1 Å². The first-order valence-corrected chi connectivity index (χ1v) is 11.6. The van der Waals surface area contributed by atoms with Crippen LogP contribution in [0.4, 0.5) is 24.7 Å². The quantitative estimate of drug-likeness (QED) is 0.474. The molecule has 3 aromatic rings. The predicted octanol–water partition coefficient (Wildman–Crippen LogP) is 4.58. The van der Waals surface area contributed by atoms with Gasteiger partial charge < -0.3 is 10.3 Å². The zero-order valence-corrected chi connectivity index (χ0v) is 17.9. The standard InChI is InChI=1S/C21H21F3N4O3S/c1-12-10-14(28-32(30,31)9-7-21(22,23)24)4-5-15(12)17-11-18(27-20(29)13-2-3-13)26-19-16(17)6-8-25-19/h4-6,8,10-11,13,28H,2-3,7,9H2,1H3,(H2,25,26,27,29). The van der Waals surface area contributed by atoms with Crippen molar-refractivity contribution >= 4 is 38.5 Å². The molecule has 1 saturated carbocycles. The van der Waals surface area contributed by atoms with Gasteiger partial charge in [0.1, 0.15) is 11.5 Å². The van der Waals surface area contributed by atoms with Crippen molar-refractivity contribution in [2.75, 3.05) is 15.8 Å². The van der Waals surface area contributed by atoms with Gasteiger partial charge in [-0.05, 0) is 60.7 Å². The molecule has 0 bridgehead atoms. The molecule has 32 heavy (non-hydrogen) atoms. The highest BCUT2D eigenvalue weighted by Gasteiger charge is 2.31. The zero-order chi connectivity index (χ0) is 23.1. The Kier molecular flexibility index (Phi) is 5.61. The van der Waals surface area contributed by atoms with Crippen LogP contribution in [0.25, 0.3) is 22.2 Å². The van der Waals surface area contributed by atoms with Gasteiger partial charge in [-0.1, -0.05) is 6.07 Å². The number of aromatic nitrogens is 2. The fraction of sp³-hybridized carbons (Fsp3) is 0.333. The van der Waals surface area contributed by atoms with Crippen LogP contribution < -0.4 is 10.0 Å². The Balaban J connectivity index is 1.61. The largest absolute Gasteiger partial charge is 0.390 e. The van der Waals surface area contributed by atoms with Gasteiger partial charge >= 0.3 is 6.18 Å². The molecule has 11 heteroatoms. The molecule has 4 rings (SSSR count). The summed E-state index contributed by atoms with van der Waals surface area (Å²) in [6.45, 7) is 1.77. The summed E-state index contributed by atoms with van der Waals surface area (Å²) in [5, 5.41) is 3.65. The molecule has 0 saturated heterocycles. The first kappa shape index (κ1) is 22.1. The first-order valence-electron chi connectivity index (χ1n) is 9.98. The van der Waals surface area contributed by atoms with E-state index in [1.165, 1.54) is 6.07 Å². The first-order chi connectivity index (χ1) is 15.0. The highest BCUT2D eigenvalue weighted by molar-refractivity contribution is 7.92. The summed E-state index contributed by atoms with van der Waals surface area (Å²) in [6.07, 6.45) is -2.51. The molecule has 0 radical (unpaired) electrons. The van der Waals surface area contributed by atoms with E-state index in [0.29, 0.717) is 17.0 Å². The number of fused-ring (bicyclic) bond motifs is 1. The summed E-state index contributed by atoms with van der Waals surface area (Å²) in [5.74, 6) is -0.695. The summed E-state index contributed by atoms with van der Waals surface area (Å²) in [5.41, 5.74) is 3.03. The molecule has 2 aromatic heterocycles. The number of carbonyl (C=O) groups is 1. The Hall–Kier alpha value is -3.08. The Morgan fingerprint density at radius 3 is 2.59 bits per heavy atom. The van der Waals surface area contributed by atoms with E-state index in [2.05, 4.69) is 20.0 Å². The van der Waals surface area contributed by atoms with Crippen LogP contribution in [-0.4, -0.2) is 36.2 Å². The van der Waals surface area contributed by atoms with Gasteiger partial charge in [-0.3, -0.25) is 9.52 Å². The lowest BCUT2D eigenvalue weighted by Crippen LogP contribution is -2.21. The number of hydrogen-bond donors (Lipinski definition) is 3. The van der Waals surface area contributed by atoms with Crippen LogP contribution in [-0.2, 0) is 14.8 Å². The zero-order valence-electron chi connectivity index (χ0n) is 17.1. The number of alkyl halides is 3. The number of carbonyl (C=O) groups excluding carboxylic acids is 1. The molecule has 1 aliphatic carbocycles. The third-order valence-electron chi connectivity index (χ3n) is 5.17. The van der Waals surface area contributed by atoms with Gasteiger partial charge in [-0.15, -0.1) is 0 Å². The van der Waals surface area contributed by atoms with Crippen molar-refractivity contribution in [1.29, 1.82) is 0 Å². The van der Waals surface area contributed by atoms with E-state index in [-0.39, 0.29) is 17.5 Å². The van der Waals surface area contributed by atoms with E-state index in [0.717, 1.165) is 29.4 Å². The van der Waals surface area contributed by atoms with Gasteiger partial charge in [0.25, 0.3) is 0 Å². The summed E-state index contributed by atoms with van der Waals surface area (Å²) in [4.78, 5) is 19.6. The van der Waals surface area contributed by atoms with Crippen LogP contribution in [0.5, 0.6) is 0 Å². The number of rotatable bonds is 7. The Bertz CT molecular complexity index is 1280. The lowest BCUT2D eigenvalue weighted by molar-refractivity contribution is -0.130. The van der Waals surface area contributed by atoms with E-state index in [1.807, 2.05) is 6.07 Å². The fourth-order valence-corrected chi connectivity index (χ4v) is 4.50. The molecular weight excluding hydrogens is 445 g/mol. The summed E-state index contributed by atoms with van der Waals surface area (Å²) < 4.78 is 63.3. The molecule has 0 atom stereocenters. The van der Waals surface area contributed by atoms with Crippen LogP contribution >= 0.6 is 0 Å². The number of benzene rings is 1. The highest BCUT2D eigenvalue weighted by Crippen LogP contribution is 2.35. The summed E-state index contributed by atoms with van der Waals surface area (Å²) >= 11 is 0. The monoisotopic (exact) mass is 466 g/mol. The van der Waals surface area contributed by atoms with Crippen molar-refractivity contribution in [2.45, 2.75) is 32.4 Å². The number of H-pyrrole nitrogens is 1. The van der Waals surface area contributed by atoms with E-state index >= 15 is 0 Å². The van der Waals surface area contributed by atoms with Gasteiger partial charge in [0.2, 0.25) is 15.9 Å². The molecule has 3 N–H and O–H groups in total. The molecule has 1 amide bonds. The average molecular weight is 466 g/mol. The maximum Gasteiger partial charge on any atom is 0.390 e. The maximum absolute atomic E-state index is 12.4. The summed E-state index contributed by atoms with van der Waals surface area (Å²) in [7, 11) is -4.14. The predicted molar refractivity (Wildman–Crippen MR) is 116 cm³/mol. The molecule has 1 aromatic carbocycles. The fourth-order valence-electron chi connectivity index (χ4n) is 3.41. The smallest absolute Gasteiger partial charge is 0.346 e. The molecule has 0 aliphatic heterocycles. The van der Waals surface area contributed by atoms with Gasteiger partial charge in [-0.25, -0.2) is 13.4 Å². The molecule has 7 nitrogen and oxygen atoms in total. The van der Waals surface area contributed by atoms with Crippen molar-refractivity contribution < 1.29 is 26.4 Å². The van der Waals surface area contributed by atoms with Gasteiger partial charge in [0, 0.05) is 23.2 Å². The topological polar surface area (TPSA) is 104 Å². The number of anilines is 2. The molecule has 0 unspecified atom stereocenters. The van der Waals surface area contributed by atoms with Crippen LogP contribution in [0, 0.1) is 12.8 Å². The molecule has 1 fully saturated rings. The van der Waals surface area contributed by atoms with E-state index in [9.17, 15) is 26.4 Å². The summed E-state index contributed by atoms with van der Waals surface area (Å²) in [6, 6.07) is 8.34. The third-order valence-corrected chi connectivity index (χ3v) is 6.46. The van der Waals surface area contributed by atoms with Gasteiger partial charge in [0.05, 0.1) is 12.2 Å². The van der Waals surface area contributed by atoms with E-state index in [4.69, 9.17) is 0 Å². The maximum atomic E-state index is 12.4. The second-order valence-corrected chi connectivity index (χ2v) is 9.72. The molecular formula is C21H21F3N4O3S. The second-order valence-electron chi connectivity index (χ2n) is 7.87.